The van der Waals surface area contributed by atoms with Gasteiger partial charge in [-0.3, -0.25) is 4.79 Å². The van der Waals surface area contributed by atoms with Gasteiger partial charge in [0.05, 0.1) is 0 Å². The summed E-state index contributed by atoms with van der Waals surface area (Å²) in [5.74, 6) is 1.62. The Hall–Kier alpha value is -1.35. The fourth-order valence-electron chi connectivity index (χ4n) is 4.29. The second-order valence-corrected chi connectivity index (χ2v) is 7.42. The van der Waals surface area contributed by atoms with Crippen molar-refractivity contribution in [2.24, 2.45) is 5.92 Å². The molecule has 2 aliphatic heterocycles. The first kappa shape index (κ1) is 16.5. The third-order valence-corrected chi connectivity index (χ3v) is 5.75. The van der Waals surface area contributed by atoms with Crippen LogP contribution >= 0.6 is 0 Å². The normalized spacial score (nSPS) is 25.7. The molecule has 2 atom stereocenters. The van der Waals surface area contributed by atoms with E-state index in [1.54, 1.807) is 0 Å². The van der Waals surface area contributed by atoms with Crippen molar-refractivity contribution in [3.63, 3.8) is 0 Å². The summed E-state index contributed by atoms with van der Waals surface area (Å²) in [5.41, 5.74) is 2.78. The Morgan fingerprint density at radius 1 is 1.26 bits per heavy atom. The zero-order valence-corrected chi connectivity index (χ0v) is 14.6. The summed E-state index contributed by atoms with van der Waals surface area (Å²) in [6, 6.07) is 9.01. The molecule has 3 nitrogen and oxygen atoms in total. The van der Waals surface area contributed by atoms with Gasteiger partial charge in [0, 0.05) is 24.9 Å². The summed E-state index contributed by atoms with van der Waals surface area (Å²) in [7, 11) is 0. The van der Waals surface area contributed by atoms with E-state index in [9.17, 15) is 4.79 Å². The number of benzene rings is 1. The minimum Gasteiger partial charge on any atom is -0.339 e. The molecule has 0 spiro atoms. The summed E-state index contributed by atoms with van der Waals surface area (Å²) < 4.78 is 0. The first-order chi connectivity index (χ1) is 11.1. The fraction of sp³-hybridized carbons (Fsp3) is 0.650. The molecule has 0 unspecified atom stereocenters. The van der Waals surface area contributed by atoms with Crippen LogP contribution in [0, 0.1) is 12.8 Å². The van der Waals surface area contributed by atoms with Crippen molar-refractivity contribution < 1.29 is 4.79 Å². The maximum absolute atomic E-state index is 12.7. The predicted molar refractivity (Wildman–Crippen MR) is 94.5 cm³/mol. The van der Waals surface area contributed by atoms with Gasteiger partial charge in [0.25, 0.3) is 0 Å². The highest BCUT2D eigenvalue weighted by Gasteiger charge is 2.33. The van der Waals surface area contributed by atoms with Crippen LogP contribution in [0.3, 0.4) is 0 Å². The minimum atomic E-state index is 0.368. The van der Waals surface area contributed by atoms with E-state index in [-0.39, 0.29) is 0 Å². The molecular formula is C20H30N2O. The Bertz CT molecular complexity index is 536. The lowest BCUT2D eigenvalue weighted by atomic mass is 9.93. The minimum absolute atomic E-state index is 0.368. The number of nitrogens with zero attached hydrogens (tertiary/aromatic N) is 1. The van der Waals surface area contributed by atoms with E-state index in [0.29, 0.717) is 17.9 Å². The van der Waals surface area contributed by atoms with Gasteiger partial charge in [0.1, 0.15) is 0 Å². The van der Waals surface area contributed by atoms with E-state index in [1.807, 2.05) is 0 Å². The molecule has 23 heavy (non-hydrogen) atoms. The van der Waals surface area contributed by atoms with Gasteiger partial charge in [0.15, 0.2) is 0 Å². The van der Waals surface area contributed by atoms with Gasteiger partial charge in [-0.15, -0.1) is 0 Å². The van der Waals surface area contributed by atoms with Crippen molar-refractivity contribution in [3.05, 3.63) is 35.4 Å². The topological polar surface area (TPSA) is 32.3 Å². The molecule has 1 aromatic rings. The van der Waals surface area contributed by atoms with E-state index in [1.165, 1.54) is 24.0 Å². The molecule has 1 N–H and O–H groups in total. The number of hydrogen-bond donors (Lipinski definition) is 1. The zero-order chi connectivity index (χ0) is 16.2. The molecule has 0 saturated carbocycles. The van der Waals surface area contributed by atoms with E-state index >= 15 is 0 Å². The third kappa shape index (κ3) is 3.95. The molecule has 0 radical (unpaired) electrons. The molecule has 126 valence electrons. The predicted octanol–water partition coefficient (Wildman–Crippen LogP) is 3.48. The fourth-order valence-corrected chi connectivity index (χ4v) is 4.29. The standard InChI is InChI=1S/C20H30N2O/c1-15-5-3-4-6-19(15)18-13-16(2)22(14-18)20(23)8-7-17-9-11-21-12-10-17/h3-6,16-18,21H,7-14H2,1-2H3/t16-,18-/m0/s1. The summed E-state index contributed by atoms with van der Waals surface area (Å²) in [4.78, 5) is 14.8. The highest BCUT2D eigenvalue weighted by Crippen LogP contribution is 2.34. The van der Waals surface area contributed by atoms with Crippen molar-refractivity contribution >= 4 is 5.91 Å². The van der Waals surface area contributed by atoms with Gasteiger partial charge in [0.2, 0.25) is 5.91 Å². The van der Waals surface area contributed by atoms with E-state index in [2.05, 4.69) is 48.3 Å². The summed E-state index contributed by atoms with van der Waals surface area (Å²) in [6.45, 7) is 7.53. The van der Waals surface area contributed by atoms with Crippen LogP contribution in [0.25, 0.3) is 0 Å². The molecular weight excluding hydrogens is 284 g/mol. The average Bonchev–Trinajstić information content (AvgIpc) is 2.96. The van der Waals surface area contributed by atoms with E-state index in [0.717, 1.165) is 44.8 Å². The number of nitrogens with one attached hydrogen (secondary N) is 1. The molecule has 3 heteroatoms. The van der Waals surface area contributed by atoms with E-state index in [4.69, 9.17) is 0 Å². The van der Waals surface area contributed by atoms with Crippen LogP contribution in [0.5, 0.6) is 0 Å². The molecule has 0 aliphatic carbocycles. The Morgan fingerprint density at radius 2 is 2.00 bits per heavy atom. The van der Waals surface area contributed by atoms with Crippen molar-refractivity contribution in [3.8, 4) is 0 Å². The number of likely N-dealkylation sites (tertiary alicyclic amines) is 1. The Morgan fingerprint density at radius 3 is 2.74 bits per heavy atom. The van der Waals surface area contributed by atoms with Crippen molar-refractivity contribution in [1.29, 1.82) is 0 Å². The first-order valence-electron chi connectivity index (χ1n) is 9.21. The first-order valence-corrected chi connectivity index (χ1v) is 9.21. The van der Waals surface area contributed by atoms with Crippen molar-refractivity contribution in [2.75, 3.05) is 19.6 Å². The molecule has 0 bridgehead atoms. The van der Waals surface area contributed by atoms with Crippen LogP contribution < -0.4 is 5.32 Å². The largest absolute Gasteiger partial charge is 0.339 e. The third-order valence-electron chi connectivity index (χ3n) is 5.75. The van der Waals surface area contributed by atoms with Crippen LogP contribution in [-0.4, -0.2) is 36.5 Å². The maximum atomic E-state index is 12.7. The van der Waals surface area contributed by atoms with Crippen LogP contribution in [0.4, 0.5) is 0 Å². The maximum Gasteiger partial charge on any atom is 0.222 e. The molecule has 2 aliphatic rings. The molecule has 2 saturated heterocycles. The zero-order valence-electron chi connectivity index (χ0n) is 14.6. The van der Waals surface area contributed by atoms with Gasteiger partial charge in [-0.1, -0.05) is 24.3 Å². The Labute approximate surface area is 140 Å². The van der Waals surface area contributed by atoms with Crippen LogP contribution in [0.2, 0.25) is 0 Å². The molecule has 3 rings (SSSR count). The van der Waals surface area contributed by atoms with Gasteiger partial charge >= 0.3 is 0 Å². The van der Waals surface area contributed by atoms with Gasteiger partial charge in [-0.05, 0) is 69.7 Å². The number of carbonyl (C=O) groups is 1. The molecule has 2 heterocycles. The highest BCUT2D eigenvalue weighted by atomic mass is 16.2. The van der Waals surface area contributed by atoms with Crippen LogP contribution in [0.15, 0.2) is 24.3 Å². The highest BCUT2D eigenvalue weighted by molar-refractivity contribution is 5.77. The lowest BCUT2D eigenvalue weighted by molar-refractivity contribution is -0.132. The summed E-state index contributed by atoms with van der Waals surface area (Å²) in [5, 5.41) is 3.40. The number of amides is 1. The molecule has 0 aromatic heterocycles. The quantitative estimate of drug-likeness (QED) is 0.923. The Balaban J connectivity index is 1.55. The van der Waals surface area contributed by atoms with Crippen LogP contribution in [0.1, 0.15) is 56.1 Å². The average molecular weight is 314 g/mol. The second-order valence-electron chi connectivity index (χ2n) is 7.42. The summed E-state index contributed by atoms with van der Waals surface area (Å²) in [6.07, 6.45) is 5.36. The molecule has 1 aromatic carbocycles. The second kappa shape index (κ2) is 7.48. The lowest BCUT2D eigenvalue weighted by Gasteiger charge is -2.25. The van der Waals surface area contributed by atoms with Crippen molar-refractivity contribution in [2.45, 2.75) is 57.9 Å². The lowest BCUT2D eigenvalue weighted by Crippen LogP contribution is -2.34. The number of aryl methyl sites for hydroxylation is 1. The number of carbonyl (C=O) groups excluding carboxylic acids is 1. The Kier molecular flexibility index (Phi) is 5.37. The number of piperidine rings is 1. The SMILES string of the molecule is Cc1ccccc1[C@H]1C[C@H](C)N(C(=O)CCC2CCNCC2)C1. The van der Waals surface area contributed by atoms with Gasteiger partial charge < -0.3 is 10.2 Å². The molecule has 2 fully saturated rings. The molecule has 1 amide bonds. The van der Waals surface area contributed by atoms with Crippen LogP contribution in [-0.2, 0) is 4.79 Å². The van der Waals surface area contributed by atoms with Crippen molar-refractivity contribution in [1.82, 2.24) is 10.2 Å². The summed E-state index contributed by atoms with van der Waals surface area (Å²) >= 11 is 0. The van der Waals surface area contributed by atoms with Gasteiger partial charge in [-0.2, -0.15) is 0 Å². The number of hydrogen-bond acceptors (Lipinski definition) is 2. The monoisotopic (exact) mass is 314 g/mol. The number of rotatable bonds is 4. The smallest absolute Gasteiger partial charge is 0.222 e. The van der Waals surface area contributed by atoms with Gasteiger partial charge in [-0.25, -0.2) is 0 Å². The van der Waals surface area contributed by atoms with E-state index < -0.39 is 0 Å².